The van der Waals surface area contributed by atoms with Gasteiger partial charge in [-0.1, -0.05) is 17.7 Å². The third kappa shape index (κ3) is 3.59. The Balaban J connectivity index is 1.88. The smallest absolute Gasteiger partial charge is 0.257 e. The Labute approximate surface area is 156 Å². The second kappa shape index (κ2) is 6.74. The lowest BCUT2D eigenvalue weighted by molar-refractivity contribution is -0.116. The van der Waals surface area contributed by atoms with E-state index in [1.807, 2.05) is 32.0 Å². The predicted molar refractivity (Wildman–Crippen MR) is 101 cm³/mol. The Morgan fingerprint density at radius 2 is 1.77 bits per heavy atom. The molecule has 2 aromatic carbocycles. The molecule has 0 saturated carbocycles. The average molecular weight is 393 g/mol. The van der Waals surface area contributed by atoms with Gasteiger partial charge in [0.1, 0.15) is 0 Å². The predicted octanol–water partition coefficient (Wildman–Crippen LogP) is 3.28. The van der Waals surface area contributed by atoms with E-state index in [1.54, 1.807) is 0 Å². The van der Waals surface area contributed by atoms with Gasteiger partial charge in [-0.05, 0) is 55.3 Å². The zero-order chi connectivity index (χ0) is 19.1. The normalized spacial score (nSPS) is 16.0. The van der Waals surface area contributed by atoms with E-state index in [1.165, 1.54) is 18.2 Å². The van der Waals surface area contributed by atoms with E-state index in [9.17, 15) is 18.0 Å². The van der Waals surface area contributed by atoms with Crippen molar-refractivity contribution < 1.29 is 18.0 Å². The van der Waals surface area contributed by atoms with Crippen LogP contribution in [0.2, 0.25) is 5.02 Å². The number of nitrogens with one attached hydrogen (secondary N) is 1. The molecule has 1 fully saturated rings. The highest BCUT2D eigenvalue weighted by molar-refractivity contribution is 7.94. The van der Waals surface area contributed by atoms with Gasteiger partial charge in [-0.15, -0.1) is 0 Å². The molecule has 0 atom stereocenters. The molecule has 136 valence electrons. The lowest BCUT2D eigenvalue weighted by Gasteiger charge is -2.16. The molecule has 26 heavy (non-hydrogen) atoms. The van der Waals surface area contributed by atoms with Gasteiger partial charge in [-0.2, -0.15) is 0 Å². The number of amides is 2. The van der Waals surface area contributed by atoms with Gasteiger partial charge in [0.2, 0.25) is 15.9 Å². The number of rotatable bonds is 3. The summed E-state index contributed by atoms with van der Waals surface area (Å²) in [6.45, 7) is 3.86. The van der Waals surface area contributed by atoms with Crippen LogP contribution in [0.1, 0.15) is 27.9 Å². The van der Waals surface area contributed by atoms with Crippen LogP contribution in [0, 0.1) is 13.8 Å². The van der Waals surface area contributed by atoms with Crippen molar-refractivity contribution in [3.8, 4) is 0 Å². The summed E-state index contributed by atoms with van der Waals surface area (Å²) in [4.78, 5) is 24.3. The number of hydrogen-bond donors (Lipinski definition) is 1. The van der Waals surface area contributed by atoms with E-state index in [4.69, 9.17) is 11.6 Å². The maximum atomic E-state index is 12.5. The Morgan fingerprint density at radius 1 is 1.12 bits per heavy atom. The molecule has 1 heterocycles. The molecule has 2 amide bonds. The number of carbonyl (C=O) groups is 2. The minimum Gasteiger partial charge on any atom is -0.322 e. The third-order valence-electron chi connectivity index (χ3n) is 3.99. The van der Waals surface area contributed by atoms with Gasteiger partial charge in [0.05, 0.1) is 22.0 Å². The summed E-state index contributed by atoms with van der Waals surface area (Å²) in [6.07, 6.45) is -0.0606. The number of halogens is 1. The van der Waals surface area contributed by atoms with E-state index >= 15 is 0 Å². The summed E-state index contributed by atoms with van der Waals surface area (Å²) in [5, 5.41) is 2.84. The van der Waals surface area contributed by atoms with Crippen molar-refractivity contribution in [1.29, 1.82) is 0 Å². The van der Waals surface area contributed by atoms with Crippen molar-refractivity contribution in [2.24, 2.45) is 0 Å². The molecular weight excluding hydrogens is 376 g/mol. The molecule has 1 aliphatic heterocycles. The Hall–Kier alpha value is -2.38. The molecule has 1 N–H and O–H groups in total. The SMILES string of the molecule is Cc1cc(C)cc(NC(=O)c2ccc(N3C(=O)CCS3(=O)=O)cc2Cl)c1. The van der Waals surface area contributed by atoms with Crippen molar-refractivity contribution in [2.75, 3.05) is 15.4 Å². The summed E-state index contributed by atoms with van der Waals surface area (Å²) >= 11 is 6.18. The molecule has 0 aromatic heterocycles. The van der Waals surface area contributed by atoms with Crippen LogP contribution in [0.4, 0.5) is 11.4 Å². The van der Waals surface area contributed by atoms with Gasteiger partial charge >= 0.3 is 0 Å². The van der Waals surface area contributed by atoms with Crippen LogP contribution in [0.5, 0.6) is 0 Å². The van der Waals surface area contributed by atoms with E-state index < -0.39 is 21.8 Å². The summed E-state index contributed by atoms with van der Waals surface area (Å²) in [5.74, 6) is -1.14. The topological polar surface area (TPSA) is 83.6 Å². The first-order valence-electron chi connectivity index (χ1n) is 7.92. The first kappa shape index (κ1) is 18.4. The minimum atomic E-state index is -3.67. The second-order valence-electron chi connectivity index (χ2n) is 6.22. The monoisotopic (exact) mass is 392 g/mol. The molecule has 0 spiro atoms. The molecule has 1 saturated heterocycles. The van der Waals surface area contributed by atoms with E-state index in [0.717, 1.165) is 15.4 Å². The highest BCUT2D eigenvalue weighted by Gasteiger charge is 2.36. The number of anilines is 2. The zero-order valence-corrected chi connectivity index (χ0v) is 15.8. The fourth-order valence-corrected chi connectivity index (χ4v) is 4.64. The van der Waals surface area contributed by atoms with Crippen molar-refractivity contribution in [1.82, 2.24) is 0 Å². The summed E-state index contributed by atoms with van der Waals surface area (Å²) in [7, 11) is -3.67. The number of sulfonamides is 1. The molecule has 6 nitrogen and oxygen atoms in total. The van der Waals surface area contributed by atoms with Crippen LogP contribution >= 0.6 is 11.6 Å². The van der Waals surface area contributed by atoms with Crippen LogP contribution in [-0.2, 0) is 14.8 Å². The molecule has 1 aliphatic rings. The van der Waals surface area contributed by atoms with Crippen LogP contribution in [0.3, 0.4) is 0 Å². The first-order valence-corrected chi connectivity index (χ1v) is 9.91. The first-order chi connectivity index (χ1) is 12.2. The number of aryl methyl sites for hydroxylation is 2. The van der Waals surface area contributed by atoms with Crippen molar-refractivity contribution in [2.45, 2.75) is 20.3 Å². The molecular formula is C18H17ClN2O4S. The second-order valence-corrected chi connectivity index (χ2v) is 8.56. The van der Waals surface area contributed by atoms with Gasteiger partial charge in [0, 0.05) is 12.1 Å². The molecule has 2 aromatic rings. The molecule has 0 radical (unpaired) electrons. The largest absolute Gasteiger partial charge is 0.322 e. The van der Waals surface area contributed by atoms with Crippen molar-refractivity contribution in [3.63, 3.8) is 0 Å². The van der Waals surface area contributed by atoms with Gasteiger partial charge in [-0.3, -0.25) is 9.59 Å². The van der Waals surface area contributed by atoms with Gasteiger partial charge < -0.3 is 5.32 Å². The van der Waals surface area contributed by atoms with E-state index in [2.05, 4.69) is 5.32 Å². The highest BCUT2D eigenvalue weighted by atomic mass is 35.5. The maximum absolute atomic E-state index is 12.5. The lowest BCUT2D eigenvalue weighted by Crippen LogP contribution is -2.29. The quantitative estimate of drug-likeness (QED) is 0.868. The Bertz CT molecular complexity index is 998. The zero-order valence-electron chi connectivity index (χ0n) is 14.2. The number of hydrogen-bond acceptors (Lipinski definition) is 4. The number of benzene rings is 2. The molecule has 8 heteroatoms. The van der Waals surface area contributed by atoms with Gasteiger partial charge in [-0.25, -0.2) is 12.7 Å². The maximum Gasteiger partial charge on any atom is 0.257 e. The molecule has 0 aliphatic carbocycles. The number of carbonyl (C=O) groups excluding carboxylic acids is 2. The fourth-order valence-electron chi connectivity index (χ4n) is 2.93. The number of nitrogens with zero attached hydrogens (tertiary/aromatic N) is 1. The van der Waals surface area contributed by atoms with Gasteiger partial charge in [0.15, 0.2) is 0 Å². The van der Waals surface area contributed by atoms with Crippen LogP contribution < -0.4 is 9.62 Å². The minimum absolute atomic E-state index is 0.0606. The molecule has 0 bridgehead atoms. The van der Waals surface area contributed by atoms with Crippen LogP contribution in [-0.4, -0.2) is 26.0 Å². The standard InChI is InChI=1S/C18H17ClN2O4S/c1-11-7-12(2)9-13(8-11)20-18(23)15-4-3-14(10-16(15)19)21-17(22)5-6-26(21,24)25/h3-4,7-10H,5-6H2,1-2H3,(H,20,23). The fraction of sp³-hybridized carbons (Fsp3) is 0.222. The van der Waals surface area contributed by atoms with Crippen molar-refractivity contribution in [3.05, 3.63) is 58.1 Å². The lowest BCUT2D eigenvalue weighted by atomic mass is 10.1. The Morgan fingerprint density at radius 3 is 2.31 bits per heavy atom. The van der Waals surface area contributed by atoms with Crippen LogP contribution in [0.25, 0.3) is 0 Å². The molecule has 3 rings (SSSR count). The average Bonchev–Trinajstić information content (AvgIpc) is 2.79. The summed E-state index contributed by atoms with van der Waals surface area (Å²) in [5.41, 5.74) is 3.00. The highest BCUT2D eigenvalue weighted by Crippen LogP contribution is 2.30. The van der Waals surface area contributed by atoms with E-state index in [-0.39, 0.29) is 28.4 Å². The van der Waals surface area contributed by atoms with Crippen molar-refractivity contribution >= 4 is 44.8 Å². The van der Waals surface area contributed by atoms with E-state index in [0.29, 0.717) is 5.69 Å². The third-order valence-corrected chi connectivity index (χ3v) is 5.99. The Kier molecular flexibility index (Phi) is 4.77. The van der Waals surface area contributed by atoms with Gasteiger partial charge in [0.25, 0.3) is 5.91 Å². The summed E-state index contributed by atoms with van der Waals surface area (Å²) in [6, 6.07) is 9.80. The molecule has 0 unspecified atom stereocenters. The summed E-state index contributed by atoms with van der Waals surface area (Å²) < 4.78 is 24.7. The van der Waals surface area contributed by atoms with Crippen LogP contribution in [0.15, 0.2) is 36.4 Å².